The fourth-order valence-electron chi connectivity index (χ4n) is 5.35. The number of nitrogens with one attached hydrogen (secondary N) is 2. The predicted octanol–water partition coefficient (Wildman–Crippen LogP) is 0.365. The van der Waals surface area contributed by atoms with E-state index in [1.807, 2.05) is 24.3 Å². The van der Waals surface area contributed by atoms with Gasteiger partial charge >= 0.3 is 0 Å². The lowest BCUT2D eigenvalue weighted by Gasteiger charge is -2.49. The summed E-state index contributed by atoms with van der Waals surface area (Å²) in [4.78, 5) is 26.1. The van der Waals surface area contributed by atoms with E-state index < -0.39 is 53.9 Å². The molecule has 0 spiro atoms. The van der Waals surface area contributed by atoms with Gasteiger partial charge in [-0.05, 0) is 34.5 Å². The Morgan fingerprint density at radius 2 is 1.74 bits per heavy atom. The third-order valence-electron chi connectivity index (χ3n) is 7.07. The van der Waals surface area contributed by atoms with Gasteiger partial charge in [0.1, 0.15) is 18.3 Å². The number of phenols is 1. The van der Waals surface area contributed by atoms with Crippen LogP contribution in [-0.4, -0.2) is 69.4 Å². The molecule has 0 saturated heterocycles. The van der Waals surface area contributed by atoms with Crippen LogP contribution in [0.4, 0.5) is 0 Å². The molecule has 3 aliphatic rings. The zero-order valence-electron chi connectivity index (χ0n) is 18.2. The second-order valence-corrected chi connectivity index (χ2v) is 8.98. The second kappa shape index (κ2) is 7.84. The van der Waals surface area contributed by atoms with Gasteiger partial charge in [-0.1, -0.05) is 30.3 Å². The lowest BCUT2D eigenvalue weighted by atomic mass is 9.68. The molecule has 2 unspecified atom stereocenters. The Hall–Kier alpha value is -3.86. The highest BCUT2D eigenvalue weighted by atomic mass is 16.7. The maximum absolute atomic E-state index is 13.2. The second-order valence-electron chi connectivity index (χ2n) is 8.98. The minimum atomic E-state index is -1.64. The molecule has 0 radical (unpaired) electrons. The van der Waals surface area contributed by atoms with Crippen molar-refractivity contribution in [3.8, 4) is 17.2 Å². The molecule has 0 bridgehead atoms. The maximum Gasteiger partial charge on any atom is 0.255 e. The average molecular weight is 478 g/mol. The summed E-state index contributed by atoms with van der Waals surface area (Å²) in [6.45, 7) is -0.145. The zero-order chi connectivity index (χ0) is 24.4. The van der Waals surface area contributed by atoms with Crippen LogP contribution in [0.5, 0.6) is 17.2 Å². The Kier molecular flexibility index (Phi) is 4.85. The van der Waals surface area contributed by atoms with Crippen LogP contribution in [0.15, 0.2) is 48.5 Å². The Bertz CT molecular complexity index is 1380. The van der Waals surface area contributed by atoms with Crippen LogP contribution >= 0.6 is 0 Å². The van der Waals surface area contributed by atoms with E-state index >= 15 is 0 Å². The number of benzene rings is 3. The van der Waals surface area contributed by atoms with Crippen LogP contribution in [-0.2, 0) is 0 Å². The molecular weight excluding hydrogens is 456 g/mol. The van der Waals surface area contributed by atoms with Gasteiger partial charge in [0.25, 0.3) is 11.8 Å². The van der Waals surface area contributed by atoms with E-state index in [4.69, 9.17) is 9.47 Å². The Morgan fingerprint density at radius 3 is 2.54 bits per heavy atom. The van der Waals surface area contributed by atoms with E-state index in [1.54, 1.807) is 18.2 Å². The summed E-state index contributed by atoms with van der Waals surface area (Å²) in [6.07, 6.45) is -4.72. The molecule has 2 amide bonds. The monoisotopic (exact) mass is 478 g/mol. The SMILES string of the molecule is O=C(NC1C2c3cc4c(c(O)c3C(=O)N[C@H]2[C@H](O)[C@H](O)[C@H]1O)OCO4)c1ccc2ccccc2c1. The first kappa shape index (κ1) is 21.7. The van der Waals surface area contributed by atoms with E-state index in [2.05, 4.69) is 10.6 Å². The van der Waals surface area contributed by atoms with Gasteiger partial charge < -0.3 is 40.5 Å². The number of aliphatic hydroxyl groups excluding tert-OH is 3. The van der Waals surface area contributed by atoms with Gasteiger partial charge in [-0.2, -0.15) is 0 Å². The Labute approximate surface area is 198 Å². The van der Waals surface area contributed by atoms with Crippen molar-refractivity contribution >= 4 is 22.6 Å². The number of phenolic OH excluding ortho intramolecular Hbond substituents is 1. The Morgan fingerprint density at radius 1 is 0.971 bits per heavy atom. The van der Waals surface area contributed by atoms with Crippen molar-refractivity contribution in [1.82, 2.24) is 10.6 Å². The molecule has 2 heterocycles. The molecule has 6 atom stereocenters. The highest BCUT2D eigenvalue weighted by molar-refractivity contribution is 6.02. The first-order valence-electron chi connectivity index (χ1n) is 11.2. The van der Waals surface area contributed by atoms with Gasteiger partial charge in [-0.3, -0.25) is 9.59 Å². The van der Waals surface area contributed by atoms with Crippen molar-refractivity contribution in [2.24, 2.45) is 0 Å². The van der Waals surface area contributed by atoms with Crippen molar-refractivity contribution in [3.63, 3.8) is 0 Å². The molecule has 1 saturated carbocycles. The molecule has 3 aromatic rings. The quantitative estimate of drug-likeness (QED) is 0.308. The van der Waals surface area contributed by atoms with Gasteiger partial charge in [0.2, 0.25) is 12.5 Å². The van der Waals surface area contributed by atoms with Crippen molar-refractivity contribution in [1.29, 1.82) is 0 Å². The Balaban J connectivity index is 1.42. The number of fused-ring (bicyclic) bond motifs is 5. The molecule has 10 heteroatoms. The number of hydrogen-bond acceptors (Lipinski definition) is 8. The van der Waals surface area contributed by atoms with Crippen molar-refractivity contribution in [3.05, 3.63) is 65.2 Å². The minimum absolute atomic E-state index is 0.0195. The number of carbonyl (C=O) groups is 2. The highest BCUT2D eigenvalue weighted by Crippen LogP contribution is 2.50. The molecule has 1 aliphatic carbocycles. The number of aliphatic hydroxyl groups is 3. The summed E-state index contributed by atoms with van der Waals surface area (Å²) in [7, 11) is 0. The lowest BCUT2D eigenvalue weighted by Crippen LogP contribution is -2.69. The van der Waals surface area contributed by atoms with Gasteiger partial charge in [0.05, 0.1) is 17.6 Å². The lowest BCUT2D eigenvalue weighted by molar-refractivity contribution is -0.117. The summed E-state index contributed by atoms with van der Waals surface area (Å²) in [5.41, 5.74) is 0.493. The standard InChI is InChI=1S/C25H22N2O8/c28-19-16-13(8-14-23(19)35-9-34-14)15-17(20(29)22(31)21(30)18(15)27-25(16)33)26-24(32)12-6-5-10-3-1-2-4-11(10)7-12/h1-8,15,17-18,20-22,28-31H,9H2,(H,26,32)(H,27,33)/t15?,17?,18-,20+,21+,22-/m1/s1. The summed E-state index contributed by atoms with van der Waals surface area (Å²) < 4.78 is 10.6. The van der Waals surface area contributed by atoms with Gasteiger partial charge in [-0.25, -0.2) is 0 Å². The minimum Gasteiger partial charge on any atom is -0.504 e. The van der Waals surface area contributed by atoms with E-state index in [1.165, 1.54) is 6.07 Å². The molecule has 180 valence electrons. The largest absolute Gasteiger partial charge is 0.504 e. The fraction of sp³-hybridized carbons (Fsp3) is 0.280. The average Bonchev–Trinajstić information content (AvgIpc) is 3.34. The number of hydrogen-bond donors (Lipinski definition) is 6. The van der Waals surface area contributed by atoms with E-state index in [9.17, 15) is 30.0 Å². The van der Waals surface area contributed by atoms with Crippen molar-refractivity contribution in [2.45, 2.75) is 36.3 Å². The number of rotatable bonds is 2. The molecule has 1 fully saturated rings. The topological polar surface area (TPSA) is 158 Å². The number of aromatic hydroxyl groups is 1. The molecule has 3 aromatic carbocycles. The first-order chi connectivity index (χ1) is 16.8. The van der Waals surface area contributed by atoms with Crippen LogP contribution in [0, 0.1) is 0 Å². The van der Waals surface area contributed by atoms with Crippen LogP contribution in [0.1, 0.15) is 32.2 Å². The molecule has 0 aromatic heterocycles. The first-order valence-corrected chi connectivity index (χ1v) is 11.2. The van der Waals surface area contributed by atoms with Crippen LogP contribution < -0.4 is 20.1 Å². The fourth-order valence-corrected chi connectivity index (χ4v) is 5.35. The van der Waals surface area contributed by atoms with E-state index in [-0.39, 0.29) is 29.4 Å². The molecule has 6 rings (SSSR count). The summed E-state index contributed by atoms with van der Waals surface area (Å²) in [5, 5.41) is 50.0. The van der Waals surface area contributed by atoms with E-state index in [0.29, 0.717) is 5.56 Å². The van der Waals surface area contributed by atoms with E-state index in [0.717, 1.165) is 10.8 Å². The third kappa shape index (κ3) is 3.22. The summed E-state index contributed by atoms with van der Waals surface area (Å²) in [5.74, 6) is -2.29. The molecular formula is C25H22N2O8. The van der Waals surface area contributed by atoms with Gasteiger partial charge in [0.15, 0.2) is 11.5 Å². The molecule has 6 N–H and O–H groups in total. The number of carbonyl (C=O) groups excluding carboxylic acids is 2. The molecule has 10 nitrogen and oxygen atoms in total. The maximum atomic E-state index is 13.2. The number of amides is 2. The summed E-state index contributed by atoms with van der Waals surface area (Å²) >= 11 is 0. The molecule has 2 aliphatic heterocycles. The highest BCUT2D eigenvalue weighted by Gasteiger charge is 2.54. The third-order valence-corrected chi connectivity index (χ3v) is 7.07. The van der Waals surface area contributed by atoms with Crippen molar-refractivity contribution < 1.29 is 39.5 Å². The normalized spacial score (nSPS) is 28.7. The predicted molar refractivity (Wildman–Crippen MR) is 121 cm³/mol. The van der Waals surface area contributed by atoms with Gasteiger partial charge in [-0.15, -0.1) is 0 Å². The summed E-state index contributed by atoms with van der Waals surface area (Å²) in [6, 6.07) is 12.0. The zero-order valence-corrected chi connectivity index (χ0v) is 18.2. The van der Waals surface area contributed by atoms with Gasteiger partial charge in [0, 0.05) is 11.5 Å². The van der Waals surface area contributed by atoms with Crippen LogP contribution in [0.2, 0.25) is 0 Å². The molecule has 35 heavy (non-hydrogen) atoms. The smallest absolute Gasteiger partial charge is 0.255 e. The van der Waals surface area contributed by atoms with Crippen molar-refractivity contribution in [2.75, 3.05) is 6.79 Å². The van der Waals surface area contributed by atoms with Crippen LogP contribution in [0.3, 0.4) is 0 Å². The number of ether oxygens (including phenoxy) is 2. The van der Waals surface area contributed by atoms with Crippen LogP contribution in [0.25, 0.3) is 10.8 Å².